The van der Waals surface area contributed by atoms with Crippen molar-refractivity contribution in [2.75, 3.05) is 20.2 Å². The Labute approximate surface area is 141 Å². The Morgan fingerprint density at radius 2 is 1.83 bits per heavy atom. The smallest absolute Gasteiger partial charge is 0.325 e. The zero-order valence-corrected chi connectivity index (χ0v) is 14.1. The van der Waals surface area contributed by atoms with Gasteiger partial charge in [0.1, 0.15) is 13.2 Å². The van der Waals surface area contributed by atoms with Gasteiger partial charge in [0, 0.05) is 6.54 Å². The topological polar surface area (TPSA) is 98.9 Å². The first-order valence-electron chi connectivity index (χ1n) is 7.78. The van der Waals surface area contributed by atoms with Crippen LogP contribution in [0.5, 0.6) is 0 Å². The molecule has 0 aliphatic heterocycles. The van der Waals surface area contributed by atoms with Crippen LogP contribution in [0.1, 0.15) is 25.3 Å². The summed E-state index contributed by atoms with van der Waals surface area (Å²) < 4.78 is 9.67. The van der Waals surface area contributed by atoms with Gasteiger partial charge in [-0.1, -0.05) is 37.3 Å². The predicted molar refractivity (Wildman–Crippen MR) is 87.7 cm³/mol. The molecule has 0 fully saturated rings. The van der Waals surface area contributed by atoms with Crippen LogP contribution >= 0.6 is 0 Å². The van der Waals surface area contributed by atoms with E-state index in [-0.39, 0.29) is 19.6 Å². The van der Waals surface area contributed by atoms with Crippen LogP contribution in [0.15, 0.2) is 30.3 Å². The van der Waals surface area contributed by atoms with E-state index in [2.05, 4.69) is 4.74 Å². The molecule has 7 heteroatoms. The molecule has 1 unspecified atom stereocenters. The van der Waals surface area contributed by atoms with Gasteiger partial charge in [0.25, 0.3) is 0 Å². The molecular formula is C17H24N2O5. The first kappa shape index (κ1) is 19.6. The van der Waals surface area contributed by atoms with E-state index in [1.807, 2.05) is 37.3 Å². The number of ether oxygens (including phenoxy) is 2. The van der Waals surface area contributed by atoms with E-state index < -0.39 is 23.9 Å². The number of rotatable bonds is 9. The highest BCUT2D eigenvalue weighted by Gasteiger charge is 2.25. The van der Waals surface area contributed by atoms with Crippen molar-refractivity contribution < 1.29 is 23.9 Å². The normalized spacial score (nSPS) is 11.5. The summed E-state index contributed by atoms with van der Waals surface area (Å²) >= 11 is 0. The van der Waals surface area contributed by atoms with Crippen molar-refractivity contribution in [1.29, 1.82) is 0 Å². The first-order valence-corrected chi connectivity index (χ1v) is 7.78. The van der Waals surface area contributed by atoms with Gasteiger partial charge in [0.15, 0.2) is 0 Å². The second-order valence-corrected chi connectivity index (χ2v) is 5.29. The predicted octanol–water partition coefficient (Wildman–Crippen LogP) is 0.859. The van der Waals surface area contributed by atoms with Gasteiger partial charge < -0.3 is 20.1 Å². The van der Waals surface area contributed by atoms with Gasteiger partial charge in [-0.15, -0.1) is 0 Å². The monoisotopic (exact) mass is 336 g/mol. The lowest BCUT2D eigenvalue weighted by atomic mass is 10.2. The van der Waals surface area contributed by atoms with E-state index in [1.165, 1.54) is 12.0 Å². The standard InChI is InChI=1S/C17H24N2O5/c1-3-9-19(11-16(21)23-2)17(22)14(18)10-15(20)24-12-13-7-5-4-6-8-13/h4-8,14H,3,9-12,18H2,1-2H3. The molecule has 0 aliphatic rings. The summed E-state index contributed by atoms with van der Waals surface area (Å²) in [7, 11) is 1.25. The number of benzene rings is 1. The van der Waals surface area contributed by atoms with Crippen LogP contribution in [-0.2, 0) is 30.5 Å². The van der Waals surface area contributed by atoms with Gasteiger partial charge in [-0.05, 0) is 12.0 Å². The van der Waals surface area contributed by atoms with Crippen molar-refractivity contribution in [2.45, 2.75) is 32.4 Å². The van der Waals surface area contributed by atoms with Crippen molar-refractivity contribution in [1.82, 2.24) is 4.90 Å². The Balaban J connectivity index is 2.50. The number of esters is 2. The Bertz CT molecular complexity index is 547. The van der Waals surface area contributed by atoms with Crippen LogP contribution in [0, 0.1) is 0 Å². The minimum atomic E-state index is -1.05. The molecular weight excluding hydrogens is 312 g/mol. The molecule has 1 rings (SSSR count). The van der Waals surface area contributed by atoms with Gasteiger partial charge in [0.05, 0.1) is 19.6 Å². The van der Waals surface area contributed by atoms with Crippen LogP contribution in [0.4, 0.5) is 0 Å². The van der Waals surface area contributed by atoms with E-state index >= 15 is 0 Å². The van der Waals surface area contributed by atoms with Crippen molar-refractivity contribution in [3.05, 3.63) is 35.9 Å². The minimum Gasteiger partial charge on any atom is -0.468 e. The van der Waals surface area contributed by atoms with E-state index in [9.17, 15) is 14.4 Å². The Kier molecular flexibility index (Phi) is 8.49. The molecule has 7 nitrogen and oxygen atoms in total. The van der Waals surface area contributed by atoms with Crippen LogP contribution < -0.4 is 5.73 Å². The zero-order valence-electron chi connectivity index (χ0n) is 14.1. The maximum absolute atomic E-state index is 12.3. The summed E-state index contributed by atoms with van der Waals surface area (Å²) in [5.41, 5.74) is 6.64. The summed E-state index contributed by atoms with van der Waals surface area (Å²) in [6.45, 7) is 2.18. The molecule has 0 radical (unpaired) electrons. The third kappa shape index (κ3) is 6.78. The molecule has 0 saturated heterocycles. The number of carbonyl (C=O) groups is 3. The molecule has 2 N–H and O–H groups in total. The molecule has 0 aromatic heterocycles. The number of nitrogens with two attached hydrogens (primary N) is 1. The van der Waals surface area contributed by atoms with E-state index in [0.717, 1.165) is 5.56 Å². The third-order valence-electron chi connectivity index (χ3n) is 3.30. The van der Waals surface area contributed by atoms with Gasteiger partial charge in [-0.2, -0.15) is 0 Å². The molecule has 1 atom stereocenters. The molecule has 24 heavy (non-hydrogen) atoms. The van der Waals surface area contributed by atoms with Crippen molar-refractivity contribution >= 4 is 17.8 Å². The molecule has 0 bridgehead atoms. The van der Waals surface area contributed by atoms with Gasteiger partial charge in [0.2, 0.25) is 5.91 Å². The minimum absolute atomic E-state index is 0.126. The zero-order chi connectivity index (χ0) is 17.9. The Hall–Kier alpha value is -2.41. The molecule has 0 saturated carbocycles. The fraction of sp³-hybridized carbons (Fsp3) is 0.471. The summed E-state index contributed by atoms with van der Waals surface area (Å²) in [4.78, 5) is 36.8. The second-order valence-electron chi connectivity index (χ2n) is 5.29. The molecule has 0 aliphatic carbocycles. The van der Waals surface area contributed by atoms with Gasteiger partial charge in [-0.25, -0.2) is 0 Å². The molecule has 132 valence electrons. The van der Waals surface area contributed by atoms with Crippen molar-refractivity contribution in [2.24, 2.45) is 5.73 Å². The fourth-order valence-electron chi connectivity index (χ4n) is 2.06. The lowest BCUT2D eigenvalue weighted by Crippen LogP contribution is -2.47. The van der Waals surface area contributed by atoms with E-state index in [0.29, 0.717) is 13.0 Å². The SMILES string of the molecule is CCCN(CC(=O)OC)C(=O)C(N)CC(=O)OCc1ccccc1. The summed E-state index contributed by atoms with van der Waals surface area (Å²) in [5, 5.41) is 0. The number of amides is 1. The molecule has 0 spiro atoms. The highest BCUT2D eigenvalue weighted by molar-refractivity contribution is 5.88. The highest BCUT2D eigenvalue weighted by atomic mass is 16.5. The van der Waals surface area contributed by atoms with Crippen molar-refractivity contribution in [3.8, 4) is 0 Å². The molecule has 0 heterocycles. The summed E-state index contributed by atoms with van der Waals surface area (Å²) in [5.74, 6) is -1.57. The van der Waals surface area contributed by atoms with E-state index in [4.69, 9.17) is 10.5 Å². The molecule has 1 aromatic rings. The number of carbonyl (C=O) groups excluding carboxylic acids is 3. The highest BCUT2D eigenvalue weighted by Crippen LogP contribution is 2.05. The average molecular weight is 336 g/mol. The largest absolute Gasteiger partial charge is 0.468 e. The lowest BCUT2D eigenvalue weighted by molar-refractivity contribution is -0.150. The second kappa shape index (κ2) is 10.4. The molecule has 1 amide bonds. The van der Waals surface area contributed by atoms with Crippen LogP contribution in [0.3, 0.4) is 0 Å². The average Bonchev–Trinajstić information content (AvgIpc) is 2.59. The summed E-state index contributed by atoms with van der Waals surface area (Å²) in [6.07, 6.45) is 0.418. The Morgan fingerprint density at radius 1 is 1.17 bits per heavy atom. The number of hydrogen-bond acceptors (Lipinski definition) is 6. The third-order valence-corrected chi connectivity index (χ3v) is 3.30. The first-order chi connectivity index (χ1) is 11.5. The van der Waals surface area contributed by atoms with Crippen LogP contribution in [0.2, 0.25) is 0 Å². The fourth-order valence-corrected chi connectivity index (χ4v) is 2.06. The van der Waals surface area contributed by atoms with Gasteiger partial charge in [-0.3, -0.25) is 14.4 Å². The quantitative estimate of drug-likeness (QED) is 0.672. The van der Waals surface area contributed by atoms with Crippen molar-refractivity contribution in [3.63, 3.8) is 0 Å². The number of methoxy groups -OCH3 is 1. The number of nitrogens with zero attached hydrogens (tertiary/aromatic N) is 1. The summed E-state index contributed by atoms with van der Waals surface area (Å²) in [6, 6.07) is 8.16. The van der Waals surface area contributed by atoms with Crippen LogP contribution in [0.25, 0.3) is 0 Å². The molecule has 1 aromatic carbocycles. The van der Waals surface area contributed by atoms with Crippen LogP contribution in [-0.4, -0.2) is 49.0 Å². The van der Waals surface area contributed by atoms with Gasteiger partial charge >= 0.3 is 11.9 Å². The lowest BCUT2D eigenvalue weighted by Gasteiger charge is -2.23. The Morgan fingerprint density at radius 3 is 2.42 bits per heavy atom. The maximum Gasteiger partial charge on any atom is 0.325 e. The van der Waals surface area contributed by atoms with E-state index in [1.54, 1.807) is 0 Å². The number of hydrogen-bond donors (Lipinski definition) is 1. The maximum atomic E-state index is 12.3.